The molecule has 1 aromatic heterocycles. The van der Waals surface area contributed by atoms with Crippen LogP contribution in [0, 0.1) is 12.8 Å². The van der Waals surface area contributed by atoms with Crippen molar-refractivity contribution in [1.29, 1.82) is 0 Å². The largest absolute Gasteiger partial charge is 0.358 e. The van der Waals surface area contributed by atoms with Gasteiger partial charge in [0.2, 0.25) is 5.91 Å². The maximum atomic E-state index is 12.8. The number of amides is 1. The molecule has 0 radical (unpaired) electrons. The number of hydrogen-bond donors (Lipinski definition) is 2. The molecule has 3 heteroatoms. The van der Waals surface area contributed by atoms with E-state index in [1.165, 1.54) is 27.7 Å². The molecule has 1 aliphatic rings. The lowest BCUT2D eigenvalue weighted by molar-refractivity contribution is -0.126. The molecule has 2 N–H and O–H groups in total. The highest BCUT2D eigenvalue weighted by molar-refractivity contribution is 5.87. The Morgan fingerprint density at radius 3 is 2.80 bits per heavy atom. The number of hydrogen-bond acceptors (Lipinski definition) is 1. The summed E-state index contributed by atoms with van der Waals surface area (Å²) in [7, 11) is 0. The van der Waals surface area contributed by atoms with Crippen LogP contribution in [0.1, 0.15) is 41.8 Å². The van der Waals surface area contributed by atoms with E-state index in [9.17, 15) is 4.79 Å². The number of rotatable bonds is 3. The molecule has 0 spiro atoms. The highest BCUT2D eigenvalue weighted by Crippen LogP contribution is 2.32. The van der Waals surface area contributed by atoms with Gasteiger partial charge in [-0.15, -0.1) is 0 Å². The number of aromatic amines is 1. The third-order valence-corrected chi connectivity index (χ3v) is 5.37. The fourth-order valence-electron chi connectivity index (χ4n) is 3.91. The highest BCUT2D eigenvalue weighted by atomic mass is 16.1. The molecular formula is C22H24N2O. The molecule has 1 heterocycles. The molecule has 0 fully saturated rings. The Balaban J connectivity index is 1.52. The van der Waals surface area contributed by atoms with E-state index in [1.807, 2.05) is 18.2 Å². The van der Waals surface area contributed by atoms with Crippen molar-refractivity contribution in [2.24, 2.45) is 5.92 Å². The number of carbonyl (C=O) groups excluding carboxylic acids is 1. The summed E-state index contributed by atoms with van der Waals surface area (Å²) >= 11 is 0. The lowest BCUT2D eigenvalue weighted by Gasteiger charge is -2.24. The quantitative estimate of drug-likeness (QED) is 0.731. The van der Waals surface area contributed by atoms with Gasteiger partial charge in [-0.05, 0) is 56.4 Å². The number of H-pyrrole nitrogens is 1. The van der Waals surface area contributed by atoms with Gasteiger partial charge in [0.15, 0.2) is 0 Å². The highest BCUT2D eigenvalue weighted by Gasteiger charge is 2.28. The molecule has 3 aromatic rings. The first kappa shape index (κ1) is 15.9. The van der Waals surface area contributed by atoms with Gasteiger partial charge in [-0.25, -0.2) is 0 Å². The molecule has 0 aliphatic heterocycles. The van der Waals surface area contributed by atoms with Crippen LogP contribution in [-0.2, 0) is 17.6 Å². The third kappa shape index (κ3) is 3.07. The number of fused-ring (bicyclic) bond motifs is 3. The fraction of sp³-hybridized carbons (Fsp3) is 0.318. The minimum absolute atomic E-state index is 0.0420. The van der Waals surface area contributed by atoms with Crippen molar-refractivity contribution in [3.8, 4) is 0 Å². The van der Waals surface area contributed by atoms with Gasteiger partial charge < -0.3 is 10.3 Å². The Morgan fingerprint density at radius 1 is 1.20 bits per heavy atom. The van der Waals surface area contributed by atoms with E-state index in [1.54, 1.807) is 0 Å². The minimum Gasteiger partial charge on any atom is -0.358 e. The predicted molar refractivity (Wildman–Crippen MR) is 102 cm³/mol. The summed E-state index contributed by atoms with van der Waals surface area (Å²) in [6, 6.07) is 16.7. The molecule has 25 heavy (non-hydrogen) atoms. The number of aryl methyl sites for hydroxylation is 2. The number of nitrogens with one attached hydrogen (secondary N) is 2. The zero-order valence-corrected chi connectivity index (χ0v) is 14.8. The first-order chi connectivity index (χ1) is 12.1. The van der Waals surface area contributed by atoms with E-state index in [4.69, 9.17) is 0 Å². The Labute approximate surface area is 148 Å². The van der Waals surface area contributed by atoms with Crippen LogP contribution >= 0.6 is 0 Å². The normalized spacial score (nSPS) is 17.9. The van der Waals surface area contributed by atoms with Gasteiger partial charge in [0.1, 0.15) is 0 Å². The second kappa shape index (κ2) is 6.40. The second-order valence-electron chi connectivity index (χ2n) is 7.21. The zero-order chi connectivity index (χ0) is 17.4. The van der Waals surface area contributed by atoms with Crippen molar-refractivity contribution in [1.82, 2.24) is 10.3 Å². The third-order valence-electron chi connectivity index (χ3n) is 5.37. The molecule has 2 aromatic carbocycles. The first-order valence-electron chi connectivity index (χ1n) is 9.07. The van der Waals surface area contributed by atoms with Crippen LogP contribution in [0.3, 0.4) is 0 Å². The predicted octanol–water partition coefficient (Wildman–Crippen LogP) is 4.46. The summed E-state index contributed by atoms with van der Waals surface area (Å²) in [6.07, 6.45) is 2.68. The molecule has 1 amide bonds. The van der Waals surface area contributed by atoms with Gasteiger partial charge in [0.25, 0.3) is 0 Å². The molecule has 1 aliphatic carbocycles. The molecular weight excluding hydrogens is 308 g/mol. The maximum Gasteiger partial charge on any atom is 0.223 e. The molecule has 4 rings (SSSR count). The number of aromatic nitrogens is 1. The van der Waals surface area contributed by atoms with Crippen molar-refractivity contribution in [2.45, 2.75) is 39.2 Å². The van der Waals surface area contributed by atoms with Gasteiger partial charge in [0, 0.05) is 22.5 Å². The van der Waals surface area contributed by atoms with Crippen LogP contribution in [0.5, 0.6) is 0 Å². The SMILES string of the molecule is Cc1ccc2[nH]c3c(c2c1)CC(C(=O)NC(C)c1ccccc1)CC3. The van der Waals surface area contributed by atoms with Crippen molar-refractivity contribution in [3.63, 3.8) is 0 Å². The van der Waals surface area contributed by atoms with Gasteiger partial charge in [-0.2, -0.15) is 0 Å². The molecule has 3 nitrogen and oxygen atoms in total. The van der Waals surface area contributed by atoms with Gasteiger partial charge in [0.05, 0.1) is 6.04 Å². The van der Waals surface area contributed by atoms with Gasteiger partial charge in [-0.3, -0.25) is 4.79 Å². The Bertz CT molecular complexity index is 910. The Kier molecular flexibility index (Phi) is 4.08. The average Bonchev–Trinajstić information content (AvgIpc) is 2.99. The lowest BCUT2D eigenvalue weighted by atomic mass is 9.85. The van der Waals surface area contributed by atoms with E-state index < -0.39 is 0 Å². The van der Waals surface area contributed by atoms with E-state index in [0.717, 1.165) is 24.8 Å². The molecule has 0 saturated carbocycles. The van der Waals surface area contributed by atoms with E-state index >= 15 is 0 Å². The van der Waals surface area contributed by atoms with Crippen molar-refractivity contribution in [2.75, 3.05) is 0 Å². The summed E-state index contributed by atoms with van der Waals surface area (Å²) in [5.74, 6) is 0.224. The van der Waals surface area contributed by atoms with E-state index in [0.29, 0.717) is 0 Å². The van der Waals surface area contributed by atoms with Crippen molar-refractivity contribution in [3.05, 3.63) is 70.9 Å². The van der Waals surface area contributed by atoms with Crippen LogP contribution < -0.4 is 5.32 Å². The molecule has 2 unspecified atom stereocenters. The average molecular weight is 332 g/mol. The first-order valence-corrected chi connectivity index (χ1v) is 9.07. The summed E-state index contributed by atoms with van der Waals surface area (Å²) in [5, 5.41) is 4.48. The molecule has 0 saturated heterocycles. The van der Waals surface area contributed by atoms with E-state index in [2.05, 4.69) is 54.5 Å². The summed E-state index contributed by atoms with van der Waals surface area (Å²) < 4.78 is 0. The monoisotopic (exact) mass is 332 g/mol. The minimum atomic E-state index is 0.0420. The van der Waals surface area contributed by atoms with Crippen LogP contribution in [0.4, 0.5) is 0 Å². The summed E-state index contributed by atoms with van der Waals surface area (Å²) in [4.78, 5) is 16.3. The number of benzene rings is 2. The van der Waals surface area contributed by atoms with E-state index in [-0.39, 0.29) is 17.9 Å². The number of carbonyl (C=O) groups is 1. The Morgan fingerprint density at radius 2 is 2.00 bits per heavy atom. The van der Waals surface area contributed by atoms with Crippen molar-refractivity contribution < 1.29 is 4.79 Å². The van der Waals surface area contributed by atoms with Gasteiger partial charge in [-0.1, -0.05) is 42.0 Å². The molecule has 128 valence electrons. The van der Waals surface area contributed by atoms with Crippen LogP contribution in [0.25, 0.3) is 10.9 Å². The molecule has 2 atom stereocenters. The van der Waals surface area contributed by atoms with Crippen molar-refractivity contribution >= 4 is 16.8 Å². The summed E-state index contributed by atoms with van der Waals surface area (Å²) in [6.45, 7) is 4.17. The topological polar surface area (TPSA) is 44.9 Å². The lowest BCUT2D eigenvalue weighted by Crippen LogP contribution is -2.35. The standard InChI is InChI=1S/C22H24N2O/c1-14-8-10-20-18(12-14)19-13-17(9-11-21(19)24-20)22(25)23-15(2)16-6-4-3-5-7-16/h3-8,10,12,15,17,24H,9,11,13H2,1-2H3,(H,23,25). The van der Waals surface area contributed by atoms with Crippen LogP contribution in [0.2, 0.25) is 0 Å². The van der Waals surface area contributed by atoms with Gasteiger partial charge >= 0.3 is 0 Å². The zero-order valence-electron chi connectivity index (χ0n) is 14.8. The fourth-order valence-corrected chi connectivity index (χ4v) is 3.91. The molecule has 0 bridgehead atoms. The Hall–Kier alpha value is -2.55. The smallest absolute Gasteiger partial charge is 0.223 e. The summed E-state index contributed by atoms with van der Waals surface area (Å²) in [5.41, 5.74) is 6.24. The second-order valence-corrected chi connectivity index (χ2v) is 7.21. The van der Waals surface area contributed by atoms with Crippen LogP contribution in [0.15, 0.2) is 48.5 Å². The van der Waals surface area contributed by atoms with Crippen LogP contribution in [-0.4, -0.2) is 10.9 Å². The maximum absolute atomic E-state index is 12.8.